The summed E-state index contributed by atoms with van der Waals surface area (Å²) in [6.07, 6.45) is 7.42. The lowest BCUT2D eigenvalue weighted by Gasteiger charge is -2.08. The standard InChI is InChI=1S/C13H15NS/c1-9-8-15-13-11(9)6-7-14-12(13)10-4-2-3-5-10/h6-8,10H,2-5H2,1H3. The van der Waals surface area contributed by atoms with E-state index in [0.29, 0.717) is 0 Å². The first kappa shape index (κ1) is 9.34. The van der Waals surface area contributed by atoms with Crippen LogP contribution in [-0.2, 0) is 0 Å². The Kier molecular flexibility index (Phi) is 2.24. The average Bonchev–Trinajstić information content (AvgIpc) is 2.88. The predicted molar refractivity (Wildman–Crippen MR) is 65.6 cm³/mol. The van der Waals surface area contributed by atoms with E-state index in [0.717, 1.165) is 5.92 Å². The minimum absolute atomic E-state index is 0.728. The molecule has 0 aromatic carbocycles. The van der Waals surface area contributed by atoms with Gasteiger partial charge in [0, 0.05) is 12.1 Å². The highest BCUT2D eigenvalue weighted by Crippen LogP contribution is 2.38. The Balaban J connectivity index is 2.17. The molecule has 0 radical (unpaired) electrons. The number of aromatic nitrogens is 1. The van der Waals surface area contributed by atoms with Crippen molar-refractivity contribution in [3.63, 3.8) is 0 Å². The Morgan fingerprint density at radius 3 is 2.93 bits per heavy atom. The Bertz CT molecular complexity index is 480. The molecule has 15 heavy (non-hydrogen) atoms. The summed E-state index contributed by atoms with van der Waals surface area (Å²) >= 11 is 1.86. The minimum atomic E-state index is 0.728. The molecule has 0 spiro atoms. The summed E-state index contributed by atoms with van der Waals surface area (Å²) < 4.78 is 1.43. The average molecular weight is 217 g/mol. The van der Waals surface area contributed by atoms with Gasteiger partial charge in [-0.15, -0.1) is 11.3 Å². The molecule has 1 saturated carbocycles. The summed E-state index contributed by atoms with van der Waals surface area (Å²) in [7, 11) is 0. The van der Waals surface area contributed by atoms with Crippen LogP contribution in [-0.4, -0.2) is 4.98 Å². The maximum absolute atomic E-state index is 4.61. The number of hydrogen-bond donors (Lipinski definition) is 0. The van der Waals surface area contributed by atoms with Crippen LogP contribution in [0, 0.1) is 6.92 Å². The first-order chi connectivity index (χ1) is 7.36. The Morgan fingerprint density at radius 1 is 1.33 bits per heavy atom. The molecule has 0 N–H and O–H groups in total. The molecule has 1 aliphatic carbocycles. The third kappa shape index (κ3) is 1.48. The molecule has 3 rings (SSSR count). The predicted octanol–water partition coefficient (Wildman–Crippen LogP) is 4.26. The van der Waals surface area contributed by atoms with Crippen molar-refractivity contribution in [1.29, 1.82) is 0 Å². The molecule has 1 fully saturated rings. The Labute approximate surface area is 94.2 Å². The van der Waals surface area contributed by atoms with Crippen LogP contribution in [0.3, 0.4) is 0 Å². The van der Waals surface area contributed by atoms with Gasteiger partial charge in [-0.3, -0.25) is 4.98 Å². The normalized spacial score (nSPS) is 17.7. The monoisotopic (exact) mass is 217 g/mol. The molecular weight excluding hydrogens is 202 g/mol. The van der Waals surface area contributed by atoms with Gasteiger partial charge in [0.05, 0.1) is 10.4 Å². The highest BCUT2D eigenvalue weighted by molar-refractivity contribution is 7.17. The minimum Gasteiger partial charge on any atom is -0.259 e. The lowest BCUT2D eigenvalue weighted by molar-refractivity contribution is 0.706. The number of fused-ring (bicyclic) bond motifs is 1. The molecule has 2 heterocycles. The van der Waals surface area contributed by atoms with Gasteiger partial charge in [0.25, 0.3) is 0 Å². The molecule has 1 nitrogen and oxygen atoms in total. The molecule has 0 aliphatic heterocycles. The summed E-state index contributed by atoms with van der Waals surface area (Å²) in [5.74, 6) is 0.728. The molecule has 0 bridgehead atoms. The van der Waals surface area contributed by atoms with Crippen LogP contribution in [0.15, 0.2) is 17.6 Å². The third-order valence-corrected chi connectivity index (χ3v) is 4.59. The van der Waals surface area contributed by atoms with Gasteiger partial charge in [-0.05, 0) is 42.2 Å². The van der Waals surface area contributed by atoms with E-state index in [2.05, 4.69) is 23.4 Å². The summed E-state index contributed by atoms with van der Waals surface area (Å²) in [6, 6.07) is 2.15. The van der Waals surface area contributed by atoms with Crippen molar-refractivity contribution in [3.8, 4) is 0 Å². The zero-order chi connectivity index (χ0) is 10.3. The second-order valence-electron chi connectivity index (χ2n) is 4.47. The summed E-state index contributed by atoms with van der Waals surface area (Å²) in [5.41, 5.74) is 2.76. The summed E-state index contributed by atoms with van der Waals surface area (Å²) in [4.78, 5) is 4.61. The highest BCUT2D eigenvalue weighted by Gasteiger charge is 2.21. The molecule has 2 aromatic rings. The largest absolute Gasteiger partial charge is 0.259 e. The Hall–Kier alpha value is -0.890. The van der Waals surface area contributed by atoms with E-state index in [1.54, 1.807) is 0 Å². The van der Waals surface area contributed by atoms with Gasteiger partial charge in [-0.1, -0.05) is 12.8 Å². The van der Waals surface area contributed by atoms with Gasteiger partial charge in [0.1, 0.15) is 0 Å². The summed E-state index contributed by atoms with van der Waals surface area (Å²) in [5, 5.41) is 3.67. The fraction of sp³-hybridized carbons (Fsp3) is 0.462. The van der Waals surface area contributed by atoms with Crippen molar-refractivity contribution in [3.05, 3.63) is 28.9 Å². The van der Waals surface area contributed by atoms with Gasteiger partial charge in [-0.25, -0.2) is 0 Å². The van der Waals surface area contributed by atoms with E-state index in [4.69, 9.17) is 0 Å². The topological polar surface area (TPSA) is 12.9 Å². The third-order valence-electron chi connectivity index (χ3n) is 3.45. The van der Waals surface area contributed by atoms with Crippen LogP contribution in [0.5, 0.6) is 0 Å². The van der Waals surface area contributed by atoms with E-state index < -0.39 is 0 Å². The zero-order valence-electron chi connectivity index (χ0n) is 8.99. The molecule has 0 amide bonds. The number of nitrogens with zero attached hydrogens (tertiary/aromatic N) is 1. The maximum Gasteiger partial charge on any atom is 0.0612 e. The second kappa shape index (κ2) is 3.60. The lowest BCUT2D eigenvalue weighted by atomic mass is 10.0. The van der Waals surface area contributed by atoms with Gasteiger partial charge < -0.3 is 0 Å². The van der Waals surface area contributed by atoms with Crippen molar-refractivity contribution in [1.82, 2.24) is 4.98 Å². The first-order valence-corrected chi connectivity index (χ1v) is 6.57. The number of pyridine rings is 1. The fourth-order valence-electron chi connectivity index (χ4n) is 2.60. The van der Waals surface area contributed by atoms with Crippen LogP contribution < -0.4 is 0 Å². The molecule has 0 saturated heterocycles. The molecule has 2 heteroatoms. The smallest absolute Gasteiger partial charge is 0.0612 e. The zero-order valence-corrected chi connectivity index (χ0v) is 9.81. The van der Waals surface area contributed by atoms with Gasteiger partial charge in [-0.2, -0.15) is 0 Å². The SMILES string of the molecule is Cc1csc2c(C3CCCC3)nccc12. The van der Waals surface area contributed by atoms with Gasteiger partial charge >= 0.3 is 0 Å². The molecule has 0 atom stereocenters. The van der Waals surface area contributed by atoms with Crippen LogP contribution in [0.4, 0.5) is 0 Å². The van der Waals surface area contributed by atoms with Crippen LogP contribution in [0.25, 0.3) is 10.1 Å². The number of aryl methyl sites for hydroxylation is 1. The first-order valence-electron chi connectivity index (χ1n) is 5.69. The van der Waals surface area contributed by atoms with Crippen molar-refractivity contribution < 1.29 is 0 Å². The Morgan fingerprint density at radius 2 is 2.13 bits per heavy atom. The van der Waals surface area contributed by atoms with E-state index in [-0.39, 0.29) is 0 Å². The van der Waals surface area contributed by atoms with Crippen molar-refractivity contribution in [2.75, 3.05) is 0 Å². The molecule has 78 valence electrons. The number of hydrogen-bond acceptors (Lipinski definition) is 2. The van der Waals surface area contributed by atoms with Gasteiger partial charge in [0.15, 0.2) is 0 Å². The van der Waals surface area contributed by atoms with E-state index >= 15 is 0 Å². The lowest BCUT2D eigenvalue weighted by Crippen LogP contribution is -1.95. The molecular formula is C13H15NS. The maximum atomic E-state index is 4.61. The number of thiophene rings is 1. The van der Waals surface area contributed by atoms with Crippen LogP contribution in [0.2, 0.25) is 0 Å². The van der Waals surface area contributed by atoms with Crippen LogP contribution >= 0.6 is 11.3 Å². The van der Waals surface area contributed by atoms with Crippen molar-refractivity contribution in [2.24, 2.45) is 0 Å². The fourth-order valence-corrected chi connectivity index (χ4v) is 3.72. The summed E-state index contributed by atoms with van der Waals surface area (Å²) in [6.45, 7) is 2.19. The van der Waals surface area contributed by atoms with E-state index in [1.807, 2.05) is 17.5 Å². The van der Waals surface area contributed by atoms with Gasteiger partial charge in [0.2, 0.25) is 0 Å². The van der Waals surface area contributed by atoms with Crippen molar-refractivity contribution in [2.45, 2.75) is 38.5 Å². The number of rotatable bonds is 1. The molecule has 2 aromatic heterocycles. The second-order valence-corrected chi connectivity index (χ2v) is 5.35. The molecule has 1 aliphatic rings. The van der Waals surface area contributed by atoms with E-state index in [1.165, 1.54) is 47.0 Å². The quantitative estimate of drug-likeness (QED) is 0.695. The highest BCUT2D eigenvalue weighted by atomic mass is 32.1. The molecule has 0 unspecified atom stereocenters. The van der Waals surface area contributed by atoms with Crippen LogP contribution in [0.1, 0.15) is 42.9 Å². The van der Waals surface area contributed by atoms with Crippen molar-refractivity contribution >= 4 is 21.4 Å². The van der Waals surface area contributed by atoms with E-state index in [9.17, 15) is 0 Å².